The summed E-state index contributed by atoms with van der Waals surface area (Å²) in [4.78, 5) is 4.60. The number of furan rings is 2. The Morgan fingerprint density at radius 1 is 0.486 bits per heavy atom. The molecule has 15 rings (SSSR count). The molecule has 0 saturated carbocycles. The van der Waals surface area contributed by atoms with Crippen LogP contribution in [0.5, 0.6) is 0 Å². The molecule has 5 aromatic heterocycles. The van der Waals surface area contributed by atoms with Gasteiger partial charge in [-0.15, -0.1) is 11.3 Å². The van der Waals surface area contributed by atoms with Gasteiger partial charge in [0.1, 0.15) is 17.2 Å². The predicted molar refractivity (Wildman–Crippen MR) is 289 cm³/mol. The first-order chi connectivity index (χ1) is 34.6. The van der Waals surface area contributed by atoms with E-state index in [2.05, 4.69) is 130 Å². The van der Waals surface area contributed by atoms with Crippen LogP contribution in [0.1, 0.15) is 11.1 Å². The molecule has 15 aromatic rings. The Balaban J connectivity index is 1.27. The topological polar surface area (TPSA) is 64.3 Å². The summed E-state index contributed by atoms with van der Waals surface area (Å²) >= 11 is 1.78. The zero-order chi connectivity index (χ0) is 46.4. The minimum Gasteiger partial charge on any atom is -0.454 e. The molecule has 0 atom stereocenters. The van der Waals surface area contributed by atoms with Crippen LogP contribution in [0.15, 0.2) is 197 Å². The van der Waals surface area contributed by atoms with Crippen molar-refractivity contribution in [2.75, 3.05) is 0 Å². The summed E-state index contributed by atoms with van der Waals surface area (Å²) in [6, 6.07) is 67.6. The molecule has 6 nitrogen and oxygen atoms in total. The number of nitriles is 1. The van der Waals surface area contributed by atoms with Gasteiger partial charge >= 0.3 is 0 Å². The van der Waals surface area contributed by atoms with Crippen molar-refractivity contribution < 1.29 is 8.83 Å². The highest BCUT2D eigenvalue weighted by atomic mass is 32.1. The van der Waals surface area contributed by atoms with E-state index in [1.165, 1.54) is 15.6 Å². The smallest absolute Gasteiger partial charge is 0.220 e. The Morgan fingerprint density at radius 2 is 1.01 bits per heavy atom. The summed E-state index contributed by atoms with van der Waals surface area (Å²) in [5.74, 6) is 0. The normalized spacial score (nSPS) is 12.0. The van der Waals surface area contributed by atoms with Gasteiger partial charge in [-0.1, -0.05) is 152 Å². The third kappa shape index (κ3) is 5.03. The lowest BCUT2D eigenvalue weighted by Crippen LogP contribution is -2.09. The van der Waals surface area contributed by atoms with E-state index in [0.717, 1.165) is 103 Å². The van der Waals surface area contributed by atoms with E-state index in [9.17, 15) is 11.8 Å². The zero-order valence-electron chi connectivity index (χ0n) is 37.4. The molecule has 7 heteroatoms. The van der Waals surface area contributed by atoms with Gasteiger partial charge in [0.25, 0.3) is 0 Å². The largest absolute Gasteiger partial charge is 0.454 e. The summed E-state index contributed by atoms with van der Waals surface area (Å²) in [6.45, 7) is 11.7. The van der Waals surface area contributed by atoms with Gasteiger partial charge in [0.15, 0.2) is 11.2 Å². The number of benzene rings is 10. The van der Waals surface area contributed by atoms with Gasteiger partial charge in [0.2, 0.25) is 5.69 Å². The maximum absolute atomic E-state index is 12.1. The van der Waals surface area contributed by atoms with Crippen molar-refractivity contribution in [2.45, 2.75) is 6.92 Å². The number of aryl methyl sites for hydroxylation is 1. The van der Waals surface area contributed by atoms with Gasteiger partial charge in [-0.2, -0.15) is 5.26 Å². The van der Waals surface area contributed by atoms with Gasteiger partial charge < -0.3 is 18.0 Å². The first-order valence-corrected chi connectivity index (χ1v) is 24.1. The first kappa shape index (κ1) is 38.7. The van der Waals surface area contributed by atoms with Crippen LogP contribution in [0.25, 0.3) is 146 Å². The lowest BCUT2D eigenvalue weighted by molar-refractivity contribution is 0.669. The monoisotopic (exact) mass is 910 g/mol. The number of nitrogens with zero attached hydrogens (tertiary/aromatic N) is 4. The molecule has 0 unspecified atom stereocenters. The summed E-state index contributed by atoms with van der Waals surface area (Å²) in [5.41, 5.74) is 12.7. The number of hydrogen-bond acceptors (Lipinski definition) is 4. The van der Waals surface area contributed by atoms with Crippen LogP contribution < -0.4 is 0 Å². The molecule has 0 spiro atoms. The van der Waals surface area contributed by atoms with Crippen molar-refractivity contribution in [3.05, 3.63) is 211 Å². The third-order valence-corrected chi connectivity index (χ3v) is 15.7. The van der Waals surface area contributed by atoms with Crippen LogP contribution in [0.3, 0.4) is 0 Å². The number of fused-ring (bicyclic) bond motifs is 18. The van der Waals surface area contributed by atoms with Gasteiger partial charge in [-0.25, -0.2) is 4.85 Å². The van der Waals surface area contributed by atoms with Crippen molar-refractivity contribution in [1.29, 1.82) is 5.26 Å². The van der Waals surface area contributed by atoms with E-state index in [-0.39, 0.29) is 0 Å². The van der Waals surface area contributed by atoms with Crippen LogP contribution >= 0.6 is 11.3 Å². The molecule has 0 aliphatic rings. The Bertz CT molecular complexity index is 4730. The standard InChI is InChI=1S/C63H34N4O2S/c1-35-16-15-27-51-52(35)46-33-30-41-38-21-9-12-24-48(38)66(59(41)63(46)70-51)56-47(34-64)53(36-17-5-3-6-18-36)55(65-2)60(54(56)37-19-7-4-8-20-37)67-57-42(28-31-44-39-22-10-13-25-49(39)68-61(44)57)43-29-32-45-40-23-11-14-26-50(40)69-62(45)58(43)67/h3-33H,1H3. The van der Waals surface area contributed by atoms with E-state index >= 15 is 0 Å². The molecule has 0 radical (unpaired) electrons. The van der Waals surface area contributed by atoms with Gasteiger partial charge in [-0.3, -0.25) is 0 Å². The molecule has 70 heavy (non-hydrogen) atoms. The van der Waals surface area contributed by atoms with Gasteiger partial charge in [-0.05, 0) is 60.0 Å². The Kier molecular flexibility index (Phi) is 7.91. The molecule has 0 aliphatic heterocycles. The third-order valence-electron chi connectivity index (χ3n) is 14.5. The van der Waals surface area contributed by atoms with E-state index < -0.39 is 0 Å². The second-order valence-corrected chi connectivity index (χ2v) is 19.1. The minimum atomic E-state index is 0.341. The van der Waals surface area contributed by atoms with E-state index in [1.54, 1.807) is 11.3 Å². The lowest BCUT2D eigenvalue weighted by Gasteiger charge is -2.25. The maximum atomic E-state index is 12.1. The van der Waals surface area contributed by atoms with E-state index in [4.69, 9.17) is 8.83 Å². The molecule has 324 valence electrons. The van der Waals surface area contributed by atoms with Crippen molar-refractivity contribution in [2.24, 2.45) is 0 Å². The fourth-order valence-corrected chi connectivity index (χ4v) is 13.0. The van der Waals surface area contributed by atoms with E-state index in [0.29, 0.717) is 39.4 Å². The molecular weight excluding hydrogens is 877 g/mol. The zero-order valence-corrected chi connectivity index (χ0v) is 38.2. The highest BCUT2D eigenvalue weighted by molar-refractivity contribution is 7.26. The number of rotatable bonds is 4. The number of para-hydroxylation sites is 3. The maximum Gasteiger partial charge on any atom is 0.220 e. The molecular formula is C63H34N4O2S. The molecule has 0 bridgehead atoms. The Labute approximate surface area is 403 Å². The number of aromatic nitrogens is 2. The second kappa shape index (κ2) is 14.3. The van der Waals surface area contributed by atoms with Crippen molar-refractivity contribution in [3.63, 3.8) is 0 Å². The summed E-state index contributed by atoms with van der Waals surface area (Å²) in [6.07, 6.45) is 0. The highest BCUT2D eigenvalue weighted by Gasteiger charge is 2.34. The second-order valence-electron chi connectivity index (χ2n) is 18.1. The minimum absolute atomic E-state index is 0.341. The van der Waals surface area contributed by atoms with Crippen LogP contribution in [0, 0.1) is 24.8 Å². The average molecular weight is 911 g/mol. The summed E-state index contributed by atoms with van der Waals surface area (Å²) in [5, 5.41) is 22.4. The number of hydrogen-bond donors (Lipinski definition) is 0. The Morgan fingerprint density at radius 3 is 1.63 bits per heavy atom. The van der Waals surface area contributed by atoms with Crippen LogP contribution in [0.4, 0.5) is 5.69 Å². The first-order valence-electron chi connectivity index (χ1n) is 23.3. The van der Waals surface area contributed by atoms with Crippen LogP contribution in [-0.2, 0) is 0 Å². The number of thiophene rings is 1. The molecule has 0 saturated heterocycles. The molecule has 5 heterocycles. The molecule has 0 amide bonds. The fourth-order valence-electron chi connectivity index (χ4n) is 11.6. The van der Waals surface area contributed by atoms with Gasteiger partial charge in [0.05, 0.1) is 50.3 Å². The molecule has 0 N–H and O–H groups in total. The molecule has 0 fully saturated rings. The highest BCUT2D eigenvalue weighted by Crippen LogP contribution is 2.55. The summed E-state index contributed by atoms with van der Waals surface area (Å²) in [7, 11) is 0. The molecule has 0 aliphatic carbocycles. The van der Waals surface area contributed by atoms with Gasteiger partial charge in [0, 0.05) is 69.7 Å². The van der Waals surface area contributed by atoms with Crippen molar-refractivity contribution >= 4 is 125 Å². The van der Waals surface area contributed by atoms with Crippen molar-refractivity contribution in [3.8, 4) is 39.7 Å². The van der Waals surface area contributed by atoms with Crippen LogP contribution in [-0.4, -0.2) is 9.13 Å². The SMILES string of the molecule is [C-]#[N+]c1c(-c2ccccc2)c(C#N)c(-n2c3ccccc3c3ccc4c(sc5cccc(C)c54)c32)c(-c2ccccc2)c1-n1c2c(ccc3c4ccccc4oc32)c2ccc3c4ccccc4oc3c21. The van der Waals surface area contributed by atoms with Crippen molar-refractivity contribution in [1.82, 2.24) is 9.13 Å². The average Bonchev–Trinajstić information content (AvgIpc) is 4.23. The van der Waals surface area contributed by atoms with Crippen LogP contribution in [0.2, 0.25) is 0 Å². The Hall–Kier alpha value is -9.40. The fraction of sp³-hybridized carbons (Fsp3) is 0.0159. The predicted octanol–water partition coefficient (Wildman–Crippen LogP) is 18.1. The molecule has 10 aromatic carbocycles. The lowest BCUT2D eigenvalue weighted by atomic mass is 9.88. The van der Waals surface area contributed by atoms with E-state index in [1.807, 2.05) is 84.9 Å². The quantitative estimate of drug-likeness (QED) is 0.165. The summed E-state index contributed by atoms with van der Waals surface area (Å²) < 4.78 is 21.0.